The number of primary amides is 1. The molecule has 15 heavy (non-hydrogen) atoms. The van der Waals surface area contributed by atoms with E-state index in [-0.39, 0.29) is 11.6 Å². The van der Waals surface area contributed by atoms with E-state index in [0.29, 0.717) is 8.58 Å². The van der Waals surface area contributed by atoms with Gasteiger partial charge in [0.25, 0.3) is 0 Å². The molecule has 0 saturated carbocycles. The molecule has 0 bridgehead atoms. The van der Waals surface area contributed by atoms with Crippen LogP contribution in [-0.2, 0) is 11.2 Å². The number of hydrogen-bond donors (Lipinski definition) is 1. The third-order valence-electron chi connectivity index (χ3n) is 2.40. The van der Waals surface area contributed by atoms with Crippen LogP contribution in [0.5, 0.6) is 0 Å². The molecule has 1 amide bonds. The minimum absolute atomic E-state index is 0.0775. The topological polar surface area (TPSA) is 43.1 Å². The average Bonchev–Trinajstić information content (AvgIpc) is 2.25. The first-order valence-electron chi connectivity index (χ1n) is 5.30. The predicted octanol–water partition coefficient (Wildman–Crippen LogP) is 2.17. The fraction of sp³-hybridized carbons (Fsp3) is 0.417. The number of rotatable bonds is 6. The van der Waals surface area contributed by atoms with E-state index in [1.807, 2.05) is 25.1 Å². The SMILES string of the molecule is CCC(PCCc1ccccc1)C(N)=O. The number of benzene rings is 1. The van der Waals surface area contributed by atoms with Gasteiger partial charge in [0.1, 0.15) is 0 Å². The lowest BCUT2D eigenvalue weighted by atomic mass is 10.2. The summed E-state index contributed by atoms with van der Waals surface area (Å²) >= 11 is 0. The first-order chi connectivity index (χ1) is 7.24. The van der Waals surface area contributed by atoms with Gasteiger partial charge in [-0.15, -0.1) is 8.58 Å². The highest BCUT2D eigenvalue weighted by Gasteiger charge is 2.11. The summed E-state index contributed by atoms with van der Waals surface area (Å²) < 4.78 is 0. The maximum atomic E-state index is 11.0. The molecule has 0 aliphatic heterocycles. The summed E-state index contributed by atoms with van der Waals surface area (Å²) in [6.45, 7) is 2.02. The third kappa shape index (κ3) is 4.44. The normalized spacial score (nSPS) is 13.1. The van der Waals surface area contributed by atoms with Gasteiger partial charge in [0.2, 0.25) is 5.91 Å². The van der Waals surface area contributed by atoms with E-state index in [2.05, 4.69) is 12.1 Å². The summed E-state index contributed by atoms with van der Waals surface area (Å²) in [4.78, 5) is 11.0. The summed E-state index contributed by atoms with van der Waals surface area (Å²) in [6.07, 6.45) is 2.97. The van der Waals surface area contributed by atoms with Crippen LogP contribution in [0.15, 0.2) is 30.3 Å². The Morgan fingerprint density at radius 2 is 2.07 bits per heavy atom. The van der Waals surface area contributed by atoms with Crippen LogP contribution in [0, 0.1) is 0 Å². The molecule has 2 N–H and O–H groups in total. The van der Waals surface area contributed by atoms with E-state index in [1.54, 1.807) is 0 Å². The first-order valence-corrected chi connectivity index (χ1v) is 6.59. The number of amides is 1. The van der Waals surface area contributed by atoms with E-state index in [9.17, 15) is 4.79 Å². The largest absolute Gasteiger partial charge is 0.369 e. The summed E-state index contributed by atoms with van der Waals surface area (Å²) in [5.74, 6) is -0.149. The molecule has 1 aromatic rings. The Labute approximate surface area is 93.0 Å². The second-order valence-electron chi connectivity index (χ2n) is 3.55. The number of aryl methyl sites for hydroxylation is 1. The number of carbonyl (C=O) groups is 1. The fourth-order valence-electron chi connectivity index (χ4n) is 1.48. The zero-order chi connectivity index (χ0) is 11.1. The standard InChI is InChI=1S/C12H18NOP/c1-2-11(12(13)14)15-9-8-10-6-4-3-5-7-10/h3-7,11,15H,2,8-9H2,1H3,(H2,13,14). The van der Waals surface area contributed by atoms with Crippen molar-refractivity contribution >= 4 is 14.5 Å². The molecule has 0 aliphatic rings. The van der Waals surface area contributed by atoms with Gasteiger partial charge in [-0.25, -0.2) is 0 Å². The highest BCUT2D eigenvalue weighted by Crippen LogP contribution is 2.22. The Morgan fingerprint density at radius 1 is 1.40 bits per heavy atom. The van der Waals surface area contributed by atoms with Crippen molar-refractivity contribution in [2.75, 3.05) is 6.16 Å². The van der Waals surface area contributed by atoms with Gasteiger partial charge in [-0.2, -0.15) is 0 Å². The van der Waals surface area contributed by atoms with Crippen LogP contribution in [0.2, 0.25) is 0 Å². The molecule has 82 valence electrons. The second kappa shape index (κ2) is 6.58. The molecule has 2 atom stereocenters. The highest BCUT2D eigenvalue weighted by molar-refractivity contribution is 7.40. The number of hydrogen-bond acceptors (Lipinski definition) is 1. The van der Waals surface area contributed by atoms with E-state index < -0.39 is 0 Å². The van der Waals surface area contributed by atoms with E-state index in [4.69, 9.17) is 5.73 Å². The van der Waals surface area contributed by atoms with Gasteiger partial charge in [-0.1, -0.05) is 37.3 Å². The molecule has 0 aromatic heterocycles. The van der Waals surface area contributed by atoms with E-state index >= 15 is 0 Å². The Morgan fingerprint density at radius 3 is 2.60 bits per heavy atom. The average molecular weight is 223 g/mol. The van der Waals surface area contributed by atoms with Gasteiger partial charge >= 0.3 is 0 Å². The Kier molecular flexibility index (Phi) is 5.34. The fourth-order valence-corrected chi connectivity index (χ4v) is 2.75. The zero-order valence-electron chi connectivity index (χ0n) is 9.07. The quantitative estimate of drug-likeness (QED) is 0.738. The Balaban J connectivity index is 2.30. The van der Waals surface area contributed by atoms with E-state index in [1.165, 1.54) is 5.56 Å². The van der Waals surface area contributed by atoms with Crippen LogP contribution in [-0.4, -0.2) is 17.7 Å². The van der Waals surface area contributed by atoms with Crippen molar-refractivity contribution in [1.82, 2.24) is 0 Å². The molecular weight excluding hydrogens is 205 g/mol. The summed E-state index contributed by atoms with van der Waals surface area (Å²) in [7, 11) is 0.655. The van der Waals surface area contributed by atoms with Gasteiger partial charge in [0.15, 0.2) is 0 Å². The van der Waals surface area contributed by atoms with Gasteiger partial charge in [-0.3, -0.25) is 4.79 Å². The first kappa shape index (κ1) is 12.2. The number of nitrogens with two attached hydrogens (primary N) is 1. The van der Waals surface area contributed by atoms with Crippen LogP contribution in [0.1, 0.15) is 18.9 Å². The van der Waals surface area contributed by atoms with E-state index in [0.717, 1.165) is 19.0 Å². The summed E-state index contributed by atoms with van der Waals surface area (Å²) in [6, 6.07) is 10.4. The molecule has 0 saturated heterocycles. The van der Waals surface area contributed by atoms with Crippen molar-refractivity contribution in [2.45, 2.75) is 25.4 Å². The Bertz CT molecular complexity index is 300. The minimum Gasteiger partial charge on any atom is -0.369 e. The van der Waals surface area contributed by atoms with Crippen molar-refractivity contribution in [2.24, 2.45) is 5.73 Å². The lowest BCUT2D eigenvalue weighted by Crippen LogP contribution is -2.24. The van der Waals surface area contributed by atoms with Crippen molar-refractivity contribution in [3.05, 3.63) is 35.9 Å². The third-order valence-corrected chi connectivity index (χ3v) is 4.12. The molecule has 1 rings (SSSR count). The molecule has 0 spiro atoms. The lowest BCUT2D eigenvalue weighted by molar-refractivity contribution is -0.117. The monoisotopic (exact) mass is 223 g/mol. The maximum absolute atomic E-state index is 11.0. The van der Waals surface area contributed by atoms with Gasteiger partial charge in [-0.05, 0) is 24.6 Å². The molecule has 0 aliphatic carbocycles. The minimum atomic E-state index is -0.149. The molecule has 3 heteroatoms. The van der Waals surface area contributed by atoms with Crippen LogP contribution in [0.4, 0.5) is 0 Å². The lowest BCUT2D eigenvalue weighted by Gasteiger charge is -2.10. The molecular formula is C12H18NOP. The van der Waals surface area contributed by atoms with Gasteiger partial charge in [0, 0.05) is 0 Å². The van der Waals surface area contributed by atoms with Crippen LogP contribution >= 0.6 is 8.58 Å². The van der Waals surface area contributed by atoms with Crippen molar-refractivity contribution < 1.29 is 4.79 Å². The molecule has 1 aromatic carbocycles. The van der Waals surface area contributed by atoms with Gasteiger partial charge in [0.05, 0.1) is 5.66 Å². The summed E-state index contributed by atoms with van der Waals surface area (Å²) in [5, 5.41) is 0. The smallest absolute Gasteiger partial charge is 0.224 e. The maximum Gasteiger partial charge on any atom is 0.224 e. The zero-order valence-corrected chi connectivity index (χ0v) is 10.1. The van der Waals surface area contributed by atoms with Gasteiger partial charge < -0.3 is 5.73 Å². The highest BCUT2D eigenvalue weighted by atomic mass is 31.1. The molecule has 2 nitrogen and oxygen atoms in total. The molecule has 0 heterocycles. The molecule has 0 fully saturated rings. The second-order valence-corrected chi connectivity index (χ2v) is 5.16. The van der Waals surface area contributed by atoms with Crippen LogP contribution in [0.25, 0.3) is 0 Å². The molecule has 0 radical (unpaired) electrons. The van der Waals surface area contributed by atoms with Crippen LogP contribution in [0.3, 0.4) is 0 Å². The van der Waals surface area contributed by atoms with Crippen molar-refractivity contribution in [3.8, 4) is 0 Å². The van der Waals surface area contributed by atoms with Crippen molar-refractivity contribution in [3.63, 3.8) is 0 Å². The predicted molar refractivity (Wildman–Crippen MR) is 66.6 cm³/mol. The van der Waals surface area contributed by atoms with Crippen molar-refractivity contribution in [1.29, 1.82) is 0 Å². The number of carbonyl (C=O) groups excluding carboxylic acids is 1. The Hall–Kier alpha value is -0.880. The summed E-state index contributed by atoms with van der Waals surface area (Å²) in [5.41, 5.74) is 6.71. The van der Waals surface area contributed by atoms with Crippen LogP contribution < -0.4 is 5.73 Å². The molecule has 2 unspecified atom stereocenters.